The summed E-state index contributed by atoms with van der Waals surface area (Å²) in [5.41, 5.74) is 2.29. The minimum atomic E-state index is -0.0806. The first-order chi connectivity index (χ1) is 8.75. The van der Waals surface area contributed by atoms with Crippen LogP contribution < -0.4 is 5.32 Å². The standard InChI is InChI=1S/C15H21NO2/c1-12-6-2-5-9-14(12)16-11-10-15(17)18-13-7-3-4-8-13/h2,5-6,9,13,16H,3-4,7-8,10-11H2,1H3. The molecule has 1 N–H and O–H groups in total. The molecule has 1 aromatic carbocycles. The third kappa shape index (κ3) is 3.76. The van der Waals surface area contributed by atoms with Gasteiger partial charge in [-0.15, -0.1) is 0 Å². The van der Waals surface area contributed by atoms with E-state index >= 15 is 0 Å². The van der Waals surface area contributed by atoms with Crippen LogP contribution in [0.25, 0.3) is 0 Å². The van der Waals surface area contributed by atoms with Crippen molar-refractivity contribution in [3.63, 3.8) is 0 Å². The highest BCUT2D eigenvalue weighted by atomic mass is 16.5. The van der Waals surface area contributed by atoms with Crippen LogP contribution in [0, 0.1) is 6.92 Å². The first-order valence-corrected chi connectivity index (χ1v) is 6.74. The maximum Gasteiger partial charge on any atom is 0.307 e. The molecule has 2 rings (SSSR count). The predicted molar refractivity (Wildman–Crippen MR) is 72.6 cm³/mol. The lowest BCUT2D eigenvalue weighted by Crippen LogP contribution is -2.17. The van der Waals surface area contributed by atoms with Gasteiger partial charge in [-0.25, -0.2) is 0 Å². The van der Waals surface area contributed by atoms with E-state index in [0.29, 0.717) is 13.0 Å². The molecule has 1 fully saturated rings. The molecule has 0 aromatic heterocycles. The van der Waals surface area contributed by atoms with Crippen molar-refractivity contribution < 1.29 is 9.53 Å². The molecule has 18 heavy (non-hydrogen) atoms. The Morgan fingerprint density at radius 2 is 2.06 bits per heavy atom. The first-order valence-electron chi connectivity index (χ1n) is 6.74. The van der Waals surface area contributed by atoms with E-state index in [1.54, 1.807) is 0 Å². The van der Waals surface area contributed by atoms with Gasteiger partial charge in [0.25, 0.3) is 0 Å². The van der Waals surface area contributed by atoms with E-state index in [1.807, 2.05) is 18.2 Å². The van der Waals surface area contributed by atoms with Crippen LogP contribution in [0.3, 0.4) is 0 Å². The van der Waals surface area contributed by atoms with Gasteiger partial charge in [0, 0.05) is 12.2 Å². The van der Waals surface area contributed by atoms with Gasteiger partial charge in [-0.3, -0.25) is 4.79 Å². The number of benzene rings is 1. The number of aryl methyl sites for hydroxylation is 1. The fourth-order valence-corrected chi connectivity index (χ4v) is 2.32. The molecule has 0 amide bonds. The van der Waals surface area contributed by atoms with Crippen LogP contribution in [0.1, 0.15) is 37.7 Å². The van der Waals surface area contributed by atoms with Crippen LogP contribution in [0.5, 0.6) is 0 Å². The normalized spacial score (nSPS) is 15.6. The zero-order chi connectivity index (χ0) is 12.8. The Morgan fingerprint density at radius 1 is 1.33 bits per heavy atom. The maximum atomic E-state index is 11.6. The van der Waals surface area contributed by atoms with E-state index < -0.39 is 0 Å². The Morgan fingerprint density at radius 3 is 2.78 bits per heavy atom. The van der Waals surface area contributed by atoms with Gasteiger partial charge in [0.2, 0.25) is 0 Å². The van der Waals surface area contributed by atoms with Crippen LogP contribution in [0.2, 0.25) is 0 Å². The van der Waals surface area contributed by atoms with Crippen LogP contribution in [-0.2, 0) is 9.53 Å². The Kier molecular flexibility index (Phi) is 4.62. The molecule has 3 nitrogen and oxygen atoms in total. The Hall–Kier alpha value is -1.51. The van der Waals surface area contributed by atoms with Gasteiger partial charge in [0.05, 0.1) is 6.42 Å². The van der Waals surface area contributed by atoms with Crippen molar-refractivity contribution in [2.75, 3.05) is 11.9 Å². The summed E-state index contributed by atoms with van der Waals surface area (Å²) < 4.78 is 5.40. The van der Waals surface area contributed by atoms with Gasteiger partial charge < -0.3 is 10.1 Å². The summed E-state index contributed by atoms with van der Waals surface area (Å²) in [6.45, 7) is 2.69. The third-order valence-corrected chi connectivity index (χ3v) is 3.39. The van der Waals surface area contributed by atoms with Crippen molar-refractivity contribution in [3.8, 4) is 0 Å². The highest BCUT2D eigenvalue weighted by Gasteiger charge is 2.18. The van der Waals surface area contributed by atoms with Gasteiger partial charge in [0.15, 0.2) is 0 Å². The molecule has 1 aromatic rings. The molecule has 1 aliphatic rings. The molecule has 1 saturated carbocycles. The average Bonchev–Trinajstić information content (AvgIpc) is 2.84. The molecule has 0 radical (unpaired) electrons. The van der Waals surface area contributed by atoms with E-state index in [9.17, 15) is 4.79 Å². The van der Waals surface area contributed by atoms with Gasteiger partial charge in [-0.05, 0) is 44.2 Å². The maximum absolute atomic E-state index is 11.6. The summed E-state index contributed by atoms with van der Waals surface area (Å²) in [5, 5.41) is 3.27. The summed E-state index contributed by atoms with van der Waals surface area (Å²) in [7, 11) is 0. The first kappa shape index (κ1) is 12.9. The monoisotopic (exact) mass is 247 g/mol. The van der Waals surface area contributed by atoms with Crippen LogP contribution in [-0.4, -0.2) is 18.6 Å². The van der Waals surface area contributed by atoms with Gasteiger partial charge >= 0.3 is 5.97 Å². The fourth-order valence-electron chi connectivity index (χ4n) is 2.32. The smallest absolute Gasteiger partial charge is 0.307 e. The lowest BCUT2D eigenvalue weighted by molar-refractivity contribution is -0.148. The van der Waals surface area contributed by atoms with Crippen LogP contribution in [0.15, 0.2) is 24.3 Å². The third-order valence-electron chi connectivity index (χ3n) is 3.39. The highest BCUT2D eigenvalue weighted by molar-refractivity contribution is 5.70. The number of anilines is 1. The average molecular weight is 247 g/mol. The summed E-state index contributed by atoms with van der Waals surface area (Å²) in [5.74, 6) is -0.0806. The molecule has 1 aliphatic carbocycles. The van der Waals surface area contributed by atoms with E-state index in [2.05, 4.69) is 18.3 Å². The Balaban J connectivity index is 1.68. The number of esters is 1. The minimum absolute atomic E-state index is 0.0806. The number of carbonyl (C=O) groups excluding carboxylic acids is 1. The van der Waals surface area contributed by atoms with Crippen molar-refractivity contribution >= 4 is 11.7 Å². The molecule has 3 heteroatoms. The van der Waals surface area contributed by atoms with Crippen molar-refractivity contribution in [1.29, 1.82) is 0 Å². The SMILES string of the molecule is Cc1ccccc1NCCC(=O)OC1CCCC1. The second-order valence-corrected chi connectivity index (χ2v) is 4.89. The molecule has 0 spiro atoms. The Bertz CT molecular complexity index is 397. The molecule has 0 unspecified atom stereocenters. The summed E-state index contributed by atoms with van der Waals surface area (Å²) >= 11 is 0. The molecule has 98 valence electrons. The zero-order valence-electron chi connectivity index (χ0n) is 10.9. The summed E-state index contributed by atoms with van der Waals surface area (Å²) in [6.07, 6.45) is 5.08. The second-order valence-electron chi connectivity index (χ2n) is 4.89. The van der Waals surface area contributed by atoms with Crippen molar-refractivity contribution in [2.45, 2.75) is 45.1 Å². The number of hydrogen-bond acceptors (Lipinski definition) is 3. The van der Waals surface area contributed by atoms with Gasteiger partial charge in [0.1, 0.15) is 6.10 Å². The molecule has 0 atom stereocenters. The second kappa shape index (κ2) is 6.43. The van der Waals surface area contributed by atoms with Crippen LogP contribution >= 0.6 is 0 Å². The topological polar surface area (TPSA) is 38.3 Å². The van der Waals surface area contributed by atoms with Crippen LogP contribution in [0.4, 0.5) is 5.69 Å². The van der Waals surface area contributed by atoms with Gasteiger partial charge in [-0.2, -0.15) is 0 Å². The number of para-hydroxylation sites is 1. The number of ether oxygens (including phenoxy) is 1. The summed E-state index contributed by atoms with van der Waals surface area (Å²) in [4.78, 5) is 11.6. The quantitative estimate of drug-likeness (QED) is 0.811. The molecule has 0 bridgehead atoms. The van der Waals surface area contributed by atoms with Crippen molar-refractivity contribution in [1.82, 2.24) is 0 Å². The van der Waals surface area contributed by atoms with E-state index in [-0.39, 0.29) is 12.1 Å². The molecule has 0 saturated heterocycles. The number of nitrogens with one attached hydrogen (secondary N) is 1. The highest BCUT2D eigenvalue weighted by Crippen LogP contribution is 2.21. The van der Waals surface area contributed by atoms with Gasteiger partial charge in [-0.1, -0.05) is 18.2 Å². The predicted octanol–water partition coefficient (Wildman–Crippen LogP) is 3.28. The largest absolute Gasteiger partial charge is 0.462 e. The zero-order valence-corrected chi connectivity index (χ0v) is 10.9. The minimum Gasteiger partial charge on any atom is -0.462 e. The van der Waals surface area contributed by atoms with Crippen molar-refractivity contribution in [2.24, 2.45) is 0 Å². The molecular weight excluding hydrogens is 226 g/mol. The van der Waals surface area contributed by atoms with E-state index in [0.717, 1.165) is 18.5 Å². The molecule has 0 aliphatic heterocycles. The fraction of sp³-hybridized carbons (Fsp3) is 0.533. The number of hydrogen-bond donors (Lipinski definition) is 1. The van der Waals surface area contributed by atoms with E-state index in [1.165, 1.54) is 18.4 Å². The lowest BCUT2D eigenvalue weighted by atomic mass is 10.2. The number of rotatable bonds is 5. The Labute approximate surface area is 109 Å². The van der Waals surface area contributed by atoms with E-state index in [4.69, 9.17) is 4.74 Å². The number of carbonyl (C=O) groups is 1. The lowest BCUT2D eigenvalue weighted by Gasteiger charge is -2.12. The molecule has 0 heterocycles. The van der Waals surface area contributed by atoms with Crippen molar-refractivity contribution in [3.05, 3.63) is 29.8 Å². The summed E-state index contributed by atoms with van der Waals surface area (Å²) in [6, 6.07) is 8.08. The molecular formula is C15H21NO2.